The Kier molecular flexibility index (Phi) is 4.58. The van der Waals surface area contributed by atoms with Crippen molar-refractivity contribution in [2.24, 2.45) is 0 Å². The molecular weight excluding hydrogens is 389 g/mol. The van der Waals surface area contributed by atoms with Crippen LogP contribution in [0.5, 0.6) is 5.75 Å². The maximum absolute atomic E-state index is 14.8. The summed E-state index contributed by atoms with van der Waals surface area (Å²) in [5, 5.41) is 26.0. The standard InChI is InChI=1S/C20H22FN7O2/c1-10-23-19(27-30-10)11-3-5-13(16(29)7-11)20-22-9-17(25-26-20)28(2)15-8-12-4-6-14(24-12)18(15)21/h3,5,7,9,12,14-15,18,24,29H,4,6,8H2,1-2H3/t12?,14-,15+,18-/m0/s1. The molecule has 2 N–H and O–H groups in total. The van der Waals surface area contributed by atoms with Gasteiger partial charge in [0.25, 0.3) is 0 Å². The van der Waals surface area contributed by atoms with Gasteiger partial charge in [-0.05, 0) is 31.4 Å². The molecule has 30 heavy (non-hydrogen) atoms. The molecule has 3 aromatic rings. The van der Waals surface area contributed by atoms with E-state index in [1.54, 1.807) is 25.3 Å². The van der Waals surface area contributed by atoms with Crippen LogP contribution in [0.15, 0.2) is 28.9 Å². The summed E-state index contributed by atoms with van der Waals surface area (Å²) >= 11 is 0. The molecule has 2 fully saturated rings. The van der Waals surface area contributed by atoms with Gasteiger partial charge in [-0.25, -0.2) is 9.37 Å². The van der Waals surface area contributed by atoms with E-state index in [-0.39, 0.29) is 23.7 Å². The SMILES string of the molecule is Cc1nc(-c2ccc(-c3ncc(N(C)[C@@H]4CC5CC[C@H](N5)[C@@H]4F)nn3)c(O)c2)no1. The number of anilines is 1. The molecule has 2 bridgehead atoms. The third-order valence-corrected chi connectivity index (χ3v) is 5.99. The van der Waals surface area contributed by atoms with E-state index in [0.29, 0.717) is 34.7 Å². The van der Waals surface area contributed by atoms with Gasteiger partial charge in [0, 0.05) is 31.6 Å². The number of hydrogen-bond donors (Lipinski definition) is 2. The van der Waals surface area contributed by atoms with Crippen molar-refractivity contribution in [2.75, 3.05) is 11.9 Å². The van der Waals surface area contributed by atoms with Gasteiger partial charge in [-0.3, -0.25) is 0 Å². The average Bonchev–Trinajstić information content (AvgIpc) is 3.37. The number of rotatable bonds is 4. The minimum atomic E-state index is -0.958. The number of nitrogens with one attached hydrogen (secondary N) is 1. The largest absolute Gasteiger partial charge is 0.507 e. The van der Waals surface area contributed by atoms with Gasteiger partial charge >= 0.3 is 0 Å². The second-order valence-corrected chi connectivity index (χ2v) is 7.91. The Bertz CT molecular complexity index is 1060. The highest BCUT2D eigenvalue weighted by molar-refractivity contribution is 5.70. The van der Waals surface area contributed by atoms with Crippen LogP contribution in [0.3, 0.4) is 0 Å². The monoisotopic (exact) mass is 411 g/mol. The summed E-state index contributed by atoms with van der Waals surface area (Å²) in [4.78, 5) is 10.3. The highest BCUT2D eigenvalue weighted by atomic mass is 19.1. The number of phenolic OH excluding ortho intramolecular Hbond substituents is 1. The molecule has 1 aromatic carbocycles. The second kappa shape index (κ2) is 7.28. The van der Waals surface area contributed by atoms with Crippen molar-refractivity contribution >= 4 is 5.82 Å². The first kappa shape index (κ1) is 18.9. The maximum atomic E-state index is 14.8. The molecule has 4 heterocycles. The number of nitrogens with zero attached hydrogens (tertiary/aromatic N) is 6. The molecule has 1 unspecified atom stereocenters. The highest BCUT2D eigenvalue weighted by Crippen LogP contribution is 2.34. The smallest absolute Gasteiger partial charge is 0.223 e. The van der Waals surface area contributed by atoms with E-state index in [2.05, 4.69) is 30.6 Å². The normalized spacial score (nSPS) is 25.4. The van der Waals surface area contributed by atoms with Crippen molar-refractivity contribution in [2.45, 2.75) is 50.5 Å². The summed E-state index contributed by atoms with van der Waals surface area (Å²) in [5.74, 6) is 1.60. The zero-order chi connectivity index (χ0) is 20.8. The number of aromatic hydroxyl groups is 1. The number of aromatic nitrogens is 5. The van der Waals surface area contributed by atoms with Crippen LogP contribution in [0, 0.1) is 6.92 Å². The van der Waals surface area contributed by atoms with Crippen LogP contribution in [0.1, 0.15) is 25.2 Å². The van der Waals surface area contributed by atoms with Crippen molar-refractivity contribution in [3.8, 4) is 28.5 Å². The third-order valence-electron chi connectivity index (χ3n) is 5.99. The molecule has 4 atom stereocenters. The lowest BCUT2D eigenvalue weighted by Gasteiger charge is -2.38. The van der Waals surface area contributed by atoms with Crippen LogP contribution in [0.4, 0.5) is 10.2 Å². The Balaban J connectivity index is 1.36. The fourth-order valence-electron chi connectivity index (χ4n) is 4.35. The van der Waals surface area contributed by atoms with Gasteiger partial charge in [0.05, 0.1) is 17.8 Å². The summed E-state index contributed by atoms with van der Waals surface area (Å²) in [6.07, 6.45) is 3.22. The van der Waals surface area contributed by atoms with Crippen molar-refractivity contribution in [3.63, 3.8) is 0 Å². The Morgan fingerprint density at radius 2 is 2.10 bits per heavy atom. The molecule has 10 heteroatoms. The lowest BCUT2D eigenvalue weighted by atomic mass is 9.96. The molecule has 2 aromatic heterocycles. The average molecular weight is 411 g/mol. The number of hydrogen-bond acceptors (Lipinski definition) is 9. The Morgan fingerprint density at radius 1 is 1.23 bits per heavy atom. The van der Waals surface area contributed by atoms with E-state index in [4.69, 9.17) is 4.52 Å². The maximum Gasteiger partial charge on any atom is 0.223 e. The summed E-state index contributed by atoms with van der Waals surface area (Å²) in [5.41, 5.74) is 1.05. The van der Waals surface area contributed by atoms with E-state index in [1.165, 1.54) is 6.07 Å². The fourth-order valence-corrected chi connectivity index (χ4v) is 4.35. The highest BCUT2D eigenvalue weighted by Gasteiger charge is 2.43. The number of phenols is 1. The van der Waals surface area contributed by atoms with Gasteiger partial charge in [-0.1, -0.05) is 11.2 Å². The number of fused-ring (bicyclic) bond motifs is 2. The third kappa shape index (κ3) is 3.26. The molecule has 2 saturated heterocycles. The van der Waals surface area contributed by atoms with E-state index in [1.807, 2.05) is 11.9 Å². The summed E-state index contributed by atoms with van der Waals surface area (Å²) in [7, 11) is 1.83. The predicted molar refractivity (Wildman–Crippen MR) is 107 cm³/mol. The van der Waals surface area contributed by atoms with Crippen LogP contribution in [-0.4, -0.2) is 61.8 Å². The van der Waals surface area contributed by atoms with Crippen LogP contribution in [-0.2, 0) is 0 Å². The second-order valence-electron chi connectivity index (χ2n) is 7.91. The van der Waals surface area contributed by atoms with Gasteiger partial charge < -0.3 is 19.8 Å². The molecule has 5 rings (SSSR count). The Hall–Kier alpha value is -3.14. The van der Waals surface area contributed by atoms with Crippen molar-refractivity contribution in [1.29, 1.82) is 0 Å². The first-order valence-corrected chi connectivity index (χ1v) is 9.96. The zero-order valence-electron chi connectivity index (χ0n) is 16.7. The van der Waals surface area contributed by atoms with Gasteiger partial charge in [0.15, 0.2) is 11.6 Å². The molecular formula is C20H22FN7O2. The predicted octanol–water partition coefficient (Wildman–Crippen LogP) is 2.27. The molecule has 2 aliphatic rings. The fraction of sp³-hybridized carbons (Fsp3) is 0.450. The first-order chi connectivity index (χ1) is 14.5. The van der Waals surface area contributed by atoms with E-state index in [0.717, 1.165) is 19.3 Å². The minimum absolute atomic E-state index is 0.0170. The molecule has 156 valence electrons. The van der Waals surface area contributed by atoms with Crippen molar-refractivity contribution in [3.05, 3.63) is 30.3 Å². The molecule has 0 aliphatic carbocycles. The van der Waals surface area contributed by atoms with E-state index >= 15 is 0 Å². The number of aryl methyl sites for hydroxylation is 1. The minimum Gasteiger partial charge on any atom is -0.507 e. The van der Waals surface area contributed by atoms with E-state index in [9.17, 15) is 9.50 Å². The summed E-state index contributed by atoms with van der Waals surface area (Å²) < 4.78 is 19.8. The van der Waals surface area contributed by atoms with Crippen LogP contribution < -0.4 is 10.2 Å². The zero-order valence-corrected chi connectivity index (χ0v) is 16.7. The van der Waals surface area contributed by atoms with Crippen LogP contribution >= 0.6 is 0 Å². The van der Waals surface area contributed by atoms with Crippen LogP contribution in [0.25, 0.3) is 22.8 Å². The lowest BCUT2D eigenvalue weighted by molar-refractivity contribution is 0.176. The van der Waals surface area contributed by atoms with Gasteiger partial charge in [0.1, 0.15) is 11.9 Å². The molecule has 9 nitrogen and oxygen atoms in total. The lowest BCUT2D eigenvalue weighted by Crippen LogP contribution is -2.55. The number of alkyl halides is 1. The Labute approximate surface area is 172 Å². The molecule has 0 amide bonds. The van der Waals surface area contributed by atoms with Gasteiger partial charge in [-0.2, -0.15) is 4.98 Å². The van der Waals surface area contributed by atoms with Crippen LogP contribution in [0.2, 0.25) is 0 Å². The molecule has 0 saturated carbocycles. The Morgan fingerprint density at radius 3 is 2.80 bits per heavy atom. The number of benzene rings is 1. The molecule has 2 aliphatic heterocycles. The number of piperidine rings is 1. The van der Waals surface area contributed by atoms with Gasteiger partial charge in [-0.15, -0.1) is 10.2 Å². The van der Waals surface area contributed by atoms with Gasteiger partial charge in [0.2, 0.25) is 11.7 Å². The molecule has 0 radical (unpaired) electrons. The van der Waals surface area contributed by atoms with E-state index < -0.39 is 6.17 Å². The summed E-state index contributed by atoms with van der Waals surface area (Å²) in [6.45, 7) is 1.70. The number of halogens is 1. The van der Waals surface area contributed by atoms with Crippen molar-refractivity contribution in [1.82, 2.24) is 30.6 Å². The summed E-state index contributed by atoms with van der Waals surface area (Å²) in [6, 6.07) is 4.97. The molecule has 0 spiro atoms. The topological polar surface area (TPSA) is 113 Å². The van der Waals surface area contributed by atoms with Crippen molar-refractivity contribution < 1.29 is 14.0 Å². The quantitative estimate of drug-likeness (QED) is 0.667. The first-order valence-electron chi connectivity index (χ1n) is 9.96.